The molecule has 3 heterocycles. The van der Waals surface area contributed by atoms with Gasteiger partial charge in [0.15, 0.2) is 5.82 Å². The number of H-pyrrole nitrogens is 1. The first-order valence-corrected chi connectivity index (χ1v) is 9.56. The molecule has 4 aromatic rings. The van der Waals surface area contributed by atoms with Crippen LogP contribution >= 0.6 is 11.3 Å². The number of hydrogen-bond acceptors (Lipinski definition) is 9. The van der Waals surface area contributed by atoms with Gasteiger partial charge in [0.05, 0.1) is 24.9 Å². The average Bonchev–Trinajstić information content (AvgIpc) is 3.44. The van der Waals surface area contributed by atoms with E-state index in [1.807, 2.05) is 35.7 Å². The summed E-state index contributed by atoms with van der Waals surface area (Å²) in [5.74, 6) is 1.05. The molecule has 0 aliphatic carbocycles. The first kappa shape index (κ1) is 18.6. The van der Waals surface area contributed by atoms with Gasteiger partial charge in [-0.15, -0.1) is 11.3 Å². The third kappa shape index (κ3) is 4.55. The van der Waals surface area contributed by atoms with Crippen molar-refractivity contribution in [3.8, 4) is 11.3 Å². The van der Waals surface area contributed by atoms with E-state index in [0.29, 0.717) is 29.8 Å². The summed E-state index contributed by atoms with van der Waals surface area (Å²) in [5, 5.41) is 15.4. The highest BCUT2D eigenvalue weighted by Gasteiger charge is 2.09. The Hall–Kier alpha value is -3.79. The van der Waals surface area contributed by atoms with Crippen molar-refractivity contribution in [1.82, 2.24) is 25.1 Å². The molecule has 0 saturated heterocycles. The van der Waals surface area contributed by atoms with Gasteiger partial charge in [0.2, 0.25) is 11.9 Å². The molecule has 3 aromatic heterocycles. The fourth-order valence-electron chi connectivity index (χ4n) is 2.57. The minimum Gasteiger partial charge on any atom is -0.465 e. The molecule has 146 valence electrons. The number of carbonyl (C=O) groups is 1. The van der Waals surface area contributed by atoms with Crippen LogP contribution in [0.25, 0.3) is 11.3 Å². The van der Waals surface area contributed by atoms with Gasteiger partial charge in [0.1, 0.15) is 6.33 Å². The van der Waals surface area contributed by atoms with Gasteiger partial charge >= 0.3 is 5.97 Å². The maximum atomic E-state index is 11.5. The summed E-state index contributed by atoms with van der Waals surface area (Å²) < 4.78 is 4.71. The summed E-state index contributed by atoms with van der Waals surface area (Å²) in [6.45, 7) is 0.648. The van der Waals surface area contributed by atoms with Crippen LogP contribution in [-0.4, -0.2) is 38.2 Å². The van der Waals surface area contributed by atoms with Crippen molar-refractivity contribution in [3.05, 3.63) is 64.6 Å². The Morgan fingerprint density at radius 2 is 2.00 bits per heavy atom. The third-order valence-electron chi connectivity index (χ3n) is 4.01. The quantitative estimate of drug-likeness (QED) is 0.399. The zero-order chi connectivity index (χ0) is 20.1. The first-order chi connectivity index (χ1) is 14.2. The molecule has 0 spiro atoms. The van der Waals surface area contributed by atoms with Crippen molar-refractivity contribution in [1.29, 1.82) is 0 Å². The molecule has 0 aliphatic rings. The first-order valence-electron chi connectivity index (χ1n) is 8.68. The number of anilines is 3. The van der Waals surface area contributed by atoms with E-state index in [4.69, 9.17) is 4.74 Å². The summed E-state index contributed by atoms with van der Waals surface area (Å²) in [4.78, 5) is 25.3. The lowest BCUT2D eigenvalue weighted by Crippen LogP contribution is -2.05. The van der Waals surface area contributed by atoms with Crippen LogP contribution in [0.2, 0.25) is 0 Å². The second-order valence-electron chi connectivity index (χ2n) is 5.93. The molecule has 0 amide bonds. The van der Waals surface area contributed by atoms with Crippen molar-refractivity contribution in [2.24, 2.45) is 0 Å². The predicted molar refractivity (Wildman–Crippen MR) is 110 cm³/mol. The minimum absolute atomic E-state index is 0.373. The fourth-order valence-corrected chi connectivity index (χ4v) is 3.22. The summed E-state index contributed by atoms with van der Waals surface area (Å²) in [6.07, 6.45) is 1.44. The summed E-state index contributed by atoms with van der Waals surface area (Å²) in [6, 6.07) is 12.9. The zero-order valence-corrected chi connectivity index (χ0v) is 16.2. The third-order valence-corrected chi connectivity index (χ3v) is 4.88. The maximum absolute atomic E-state index is 11.5. The van der Waals surface area contributed by atoms with E-state index in [2.05, 4.69) is 35.8 Å². The zero-order valence-electron chi connectivity index (χ0n) is 15.4. The number of aromatic amines is 1. The van der Waals surface area contributed by atoms with E-state index in [1.165, 1.54) is 18.3 Å². The molecule has 9 nitrogen and oxygen atoms in total. The molecule has 29 heavy (non-hydrogen) atoms. The van der Waals surface area contributed by atoms with Gasteiger partial charge in [-0.05, 0) is 29.1 Å². The Balaban J connectivity index is 1.42. The van der Waals surface area contributed by atoms with Crippen molar-refractivity contribution in [3.63, 3.8) is 0 Å². The average molecular weight is 407 g/mol. The highest BCUT2D eigenvalue weighted by molar-refractivity contribution is 7.09. The van der Waals surface area contributed by atoms with Gasteiger partial charge in [-0.3, -0.25) is 5.10 Å². The van der Waals surface area contributed by atoms with Crippen LogP contribution in [0.3, 0.4) is 0 Å². The lowest BCUT2D eigenvalue weighted by Gasteiger charge is -2.05. The van der Waals surface area contributed by atoms with Crippen LogP contribution in [0.5, 0.6) is 0 Å². The van der Waals surface area contributed by atoms with Crippen molar-refractivity contribution >= 4 is 35.0 Å². The van der Waals surface area contributed by atoms with E-state index in [-0.39, 0.29) is 5.97 Å². The number of thiophene rings is 1. The van der Waals surface area contributed by atoms with E-state index in [0.717, 1.165) is 11.3 Å². The Labute approximate surface area is 170 Å². The second-order valence-corrected chi connectivity index (χ2v) is 6.96. The van der Waals surface area contributed by atoms with Crippen LogP contribution in [0.1, 0.15) is 15.2 Å². The van der Waals surface area contributed by atoms with Crippen LogP contribution in [0, 0.1) is 0 Å². The Morgan fingerprint density at radius 3 is 2.76 bits per heavy atom. The predicted octanol–water partition coefficient (Wildman–Crippen LogP) is 3.47. The van der Waals surface area contributed by atoms with Crippen LogP contribution in [0.4, 0.5) is 17.7 Å². The summed E-state index contributed by atoms with van der Waals surface area (Å²) in [7, 11) is 1.35. The summed E-state index contributed by atoms with van der Waals surface area (Å²) >= 11 is 1.66. The Morgan fingerprint density at radius 1 is 1.17 bits per heavy atom. The van der Waals surface area contributed by atoms with Gasteiger partial charge in [0.25, 0.3) is 0 Å². The number of nitrogens with one attached hydrogen (secondary N) is 3. The lowest BCUT2D eigenvalue weighted by molar-refractivity contribution is 0.0601. The molecule has 0 atom stereocenters. The molecular weight excluding hydrogens is 390 g/mol. The molecule has 0 aliphatic heterocycles. The second kappa shape index (κ2) is 8.48. The standard InChI is InChI=1S/C19H17N7O2S/c1-28-17(27)13-6-4-12(5-7-13)15-9-16(26-25-15)23-19-22-11-21-18(24-19)20-10-14-3-2-8-29-14/h2-9,11H,10H2,1H3,(H3,20,21,22,23,24,25,26). The smallest absolute Gasteiger partial charge is 0.337 e. The molecule has 0 unspecified atom stereocenters. The molecule has 10 heteroatoms. The normalized spacial score (nSPS) is 10.5. The maximum Gasteiger partial charge on any atom is 0.337 e. The number of methoxy groups -OCH3 is 1. The Kier molecular flexibility index (Phi) is 5.43. The molecule has 0 fully saturated rings. The Bertz CT molecular complexity index is 1090. The van der Waals surface area contributed by atoms with E-state index >= 15 is 0 Å². The van der Waals surface area contributed by atoms with Gasteiger partial charge in [-0.2, -0.15) is 10.1 Å². The van der Waals surface area contributed by atoms with E-state index in [9.17, 15) is 4.79 Å². The number of rotatable bonds is 7. The molecule has 1 aromatic carbocycles. The highest BCUT2D eigenvalue weighted by Crippen LogP contribution is 2.22. The van der Waals surface area contributed by atoms with Crippen LogP contribution in [-0.2, 0) is 11.3 Å². The molecule has 4 rings (SSSR count). The van der Waals surface area contributed by atoms with Gasteiger partial charge < -0.3 is 15.4 Å². The largest absolute Gasteiger partial charge is 0.465 e. The van der Waals surface area contributed by atoms with Crippen molar-refractivity contribution in [2.75, 3.05) is 17.7 Å². The monoisotopic (exact) mass is 407 g/mol. The summed E-state index contributed by atoms with van der Waals surface area (Å²) in [5.41, 5.74) is 2.16. The minimum atomic E-state index is -0.373. The number of nitrogens with zero attached hydrogens (tertiary/aromatic N) is 4. The van der Waals surface area contributed by atoms with Crippen LogP contribution < -0.4 is 10.6 Å². The number of ether oxygens (including phenoxy) is 1. The molecular formula is C19H17N7O2S. The van der Waals surface area contributed by atoms with Gasteiger partial charge in [-0.1, -0.05) is 18.2 Å². The number of hydrogen-bond donors (Lipinski definition) is 3. The molecule has 0 bridgehead atoms. The molecule has 0 saturated carbocycles. The SMILES string of the molecule is COC(=O)c1ccc(-c2cc(Nc3ncnc(NCc4cccs4)n3)n[nH]2)cc1. The molecule has 3 N–H and O–H groups in total. The number of benzene rings is 1. The topological polar surface area (TPSA) is 118 Å². The fraction of sp³-hybridized carbons (Fsp3) is 0.105. The van der Waals surface area contributed by atoms with Gasteiger partial charge in [0, 0.05) is 10.9 Å². The van der Waals surface area contributed by atoms with Crippen LogP contribution in [0.15, 0.2) is 54.2 Å². The van der Waals surface area contributed by atoms with Gasteiger partial charge in [-0.25, -0.2) is 14.8 Å². The lowest BCUT2D eigenvalue weighted by atomic mass is 10.1. The number of esters is 1. The highest BCUT2D eigenvalue weighted by atomic mass is 32.1. The van der Waals surface area contributed by atoms with E-state index < -0.39 is 0 Å². The number of aromatic nitrogens is 5. The number of carbonyl (C=O) groups excluding carboxylic acids is 1. The van der Waals surface area contributed by atoms with E-state index in [1.54, 1.807) is 23.5 Å². The molecule has 0 radical (unpaired) electrons. The van der Waals surface area contributed by atoms with Crippen molar-refractivity contribution < 1.29 is 9.53 Å². The van der Waals surface area contributed by atoms with Crippen molar-refractivity contribution in [2.45, 2.75) is 6.54 Å².